The average Bonchev–Trinajstić information content (AvgIpc) is 2.01. The largest absolute Gasteiger partial charge is 0.393 e. The van der Waals surface area contributed by atoms with Crippen molar-refractivity contribution in [3.05, 3.63) is 0 Å². The Morgan fingerprint density at radius 1 is 1.29 bits per heavy atom. The van der Waals surface area contributed by atoms with E-state index in [2.05, 4.69) is 0 Å². The fourth-order valence-electron chi connectivity index (χ4n) is 2.75. The molecular weight excluding hydrogens is 202 g/mol. The molecule has 2 heterocycles. The van der Waals surface area contributed by atoms with E-state index in [1.54, 1.807) is 0 Å². The van der Waals surface area contributed by atoms with Gasteiger partial charge in [-0.05, 0) is 32.1 Å². The summed E-state index contributed by atoms with van der Waals surface area (Å²) in [5, 5.41) is 17.1. The van der Waals surface area contributed by atoms with Gasteiger partial charge in [-0.1, -0.05) is 0 Å². The minimum Gasteiger partial charge on any atom is -0.393 e. The lowest BCUT2D eigenvalue weighted by Gasteiger charge is -2.48. The number of aliphatic hydroxyl groups excluding tert-OH is 1. The number of hydrogen-bond acceptors (Lipinski definition) is 2. The molecular formula is C9H18ClN3O. The summed E-state index contributed by atoms with van der Waals surface area (Å²) in [6.45, 7) is 0. The van der Waals surface area contributed by atoms with Crippen LogP contribution in [0.25, 0.3) is 0 Å². The molecule has 2 saturated heterocycles. The summed E-state index contributed by atoms with van der Waals surface area (Å²) in [6.07, 6.45) is 4.77. The van der Waals surface area contributed by atoms with Gasteiger partial charge in [0, 0.05) is 12.1 Å². The van der Waals surface area contributed by atoms with Crippen molar-refractivity contribution in [1.82, 2.24) is 4.90 Å². The third kappa shape index (κ3) is 1.96. The molecule has 0 aromatic heterocycles. The van der Waals surface area contributed by atoms with Crippen molar-refractivity contribution >= 4 is 18.4 Å². The van der Waals surface area contributed by atoms with Crippen LogP contribution in [0.1, 0.15) is 32.1 Å². The van der Waals surface area contributed by atoms with Crippen molar-refractivity contribution in [2.75, 3.05) is 0 Å². The summed E-state index contributed by atoms with van der Waals surface area (Å²) >= 11 is 0. The summed E-state index contributed by atoms with van der Waals surface area (Å²) in [6, 6.07) is 0.639. The van der Waals surface area contributed by atoms with Crippen molar-refractivity contribution in [3.8, 4) is 0 Å². The molecule has 2 bridgehead atoms. The molecule has 2 rings (SSSR count). The predicted molar refractivity (Wildman–Crippen MR) is 57.7 cm³/mol. The van der Waals surface area contributed by atoms with Gasteiger partial charge >= 0.3 is 0 Å². The van der Waals surface area contributed by atoms with Gasteiger partial charge in [0.15, 0.2) is 5.96 Å². The number of nitrogens with two attached hydrogens (primary N) is 1. The molecule has 2 unspecified atom stereocenters. The maximum atomic E-state index is 9.58. The zero-order chi connectivity index (χ0) is 9.42. The van der Waals surface area contributed by atoms with Gasteiger partial charge in [-0.15, -0.1) is 12.4 Å². The number of piperidine rings is 2. The maximum Gasteiger partial charge on any atom is 0.188 e. The second kappa shape index (κ2) is 4.36. The minimum atomic E-state index is -0.175. The normalized spacial score (nSPS) is 36.1. The Labute approximate surface area is 90.4 Å². The highest BCUT2D eigenvalue weighted by Crippen LogP contribution is 2.33. The molecule has 0 spiro atoms. The standard InChI is InChI=1S/C9H17N3O.ClH/c10-9(11)12-6-2-1-3-7(12)5-8(13)4-6;/h6-8,13H,1-5H2,(H3,10,11);1H. The van der Waals surface area contributed by atoms with Gasteiger partial charge in [-0.3, -0.25) is 5.41 Å². The number of hydrogen-bond donors (Lipinski definition) is 3. The topological polar surface area (TPSA) is 73.3 Å². The zero-order valence-corrected chi connectivity index (χ0v) is 8.96. The molecule has 4 nitrogen and oxygen atoms in total. The Bertz CT molecular complexity index is 210. The van der Waals surface area contributed by atoms with Crippen molar-refractivity contribution in [3.63, 3.8) is 0 Å². The lowest BCUT2D eigenvalue weighted by atomic mass is 9.83. The summed E-state index contributed by atoms with van der Waals surface area (Å²) in [5.74, 6) is 0.182. The van der Waals surface area contributed by atoms with Crippen LogP contribution < -0.4 is 5.73 Å². The van der Waals surface area contributed by atoms with E-state index in [1.165, 1.54) is 6.42 Å². The Morgan fingerprint density at radius 2 is 1.79 bits per heavy atom. The van der Waals surface area contributed by atoms with Crippen LogP contribution in [-0.4, -0.2) is 34.2 Å². The quantitative estimate of drug-likeness (QED) is 0.414. The van der Waals surface area contributed by atoms with Crippen LogP contribution in [0, 0.1) is 5.41 Å². The molecule has 0 aliphatic carbocycles. The number of guanidine groups is 1. The third-order valence-electron chi connectivity index (χ3n) is 3.23. The van der Waals surface area contributed by atoms with E-state index in [9.17, 15) is 5.11 Å². The van der Waals surface area contributed by atoms with Crippen LogP contribution in [0.2, 0.25) is 0 Å². The highest BCUT2D eigenvalue weighted by Gasteiger charge is 2.38. The van der Waals surface area contributed by atoms with E-state index in [4.69, 9.17) is 11.1 Å². The Hall–Kier alpha value is -0.480. The SMILES string of the molecule is Cl.N=C(N)N1C2CCCC1CC(O)C2. The van der Waals surface area contributed by atoms with Crippen molar-refractivity contribution in [2.45, 2.75) is 50.3 Å². The van der Waals surface area contributed by atoms with Crippen LogP contribution in [-0.2, 0) is 0 Å². The van der Waals surface area contributed by atoms with Crippen LogP contribution >= 0.6 is 12.4 Å². The second-order valence-electron chi connectivity index (χ2n) is 4.16. The molecule has 0 amide bonds. The molecule has 2 aliphatic heterocycles. The molecule has 0 saturated carbocycles. The first-order chi connectivity index (χ1) is 6.18. The van der Waals surface area contributed by atoms with Crippen LogP contribution in [0.15, 0.2) is 0 Å². The molecule has 0 aromatic rings. The summed E-state index contributed by atoms with van der Waals surface area (Å²) in [4.78, 5) is 2.00. The molecule has 5 heteroatoms. The molecule has 2 aliphatic rings. The van der Waals surface area contributed by atoms with E-state index in [0.29, 0.717) is 12.1 Å². The molecule has 2 atom stereocenters. The highest BCUT2D eigenvalue weighted by atomic mass is 35.5. The molecule has 0 aromatic carbocycles. The van der Waals surface area contributed by atoms with Gasteiger partial charge in [0.25, 0.3) is 0 Å². The van der Waals surface area contributed by atoms with E-state index in [0.717, 1.165) is 25.7 Å². The summed E-state index contributed by atoms with van der Waals surface area (Å²) in [7, 11) is 0. The zero-order valence-electron chi connectivity index (χ0n) is 8.15. The highest BCUT2D eigenvalue weighted by molar-refractivity contribution is 5.85. The number of nitrogens with zero attached hydrogens (tertiary/aromatic N) is 1. The van der Waals surface area contributed by atoms with Crippen molar-refractivity contribution in [2.24, 2.45) is 5.73 Å². The molecule has 4 N–H and O–H groups in total. The fraction of sp³-hybridized carbons (Fsp3) is 0.889. The first-order valence-electron chi connectivity index (χ1n) is 4.99. The first-order valence-corrected chi connectivity index (χ1v) is 4.99. The van der Waals surface area contributed by atoms with Crippen LogP contribution in [0.3, 0.4) is 0 Å². The summed E-state index contributed by atoms with van der Waals surface area (Å²) < 4.78 is 0. The number of rotatable bonds is 0. The third-order valence-corrected chi connectivity index (χ3v) is 3.23. The first kappa shape index (κ1) is 11.6. The average molecular weight is 220 g/mol. The van der Waals surface area contributed by atoms with Gasteiger partial charge in [-0.2, -0.15) is 0 Å². The Balaban J connectivity index is 0.000000980. The van der Waals surface area contributed by atoms with Gasteiger partial charge in [-0.25, -0.2) is 0 Å². The molecule has 14 heavy (non-hydrogen) atoms. The van der Waals surface area contributed by atoms with Crippen LogP contribution in [0.5, 0.6) is 0 Å². The maximum absolute atomic E-state index is 9.58. The number of aliphatic hydroxyl groups is 1. The monoisotopic (exact) mass is 219 g/mol. The molecule has 0 radical (unpaired) electrons. The fourth-order valence-corrected chi connectivity index (χ4v) is 2.75. The Kier molecular flexibility index (Phi) is 3.61. The van der Waals surface area contributed by atoms with Crippen molar-refractivity contribution in [1.29, 1.82) is 5.41 Å². The predicted octanol–water partition coefficient (Wildman–Crippen LogP) is 0.679. The van der Waals surface area contributed by atoms with Gasteiger partial charge in [0.2, 0.25) is 0 Å². The lowest BCUT2D eigenvalue weighted by Crippen LogP contribution is -2.57. The minimum absolute atomic E-state index is 0. The van der Waals surface area contributed by atoms with Gasteiger partial charge < -0.3 is 15.7 Å². The van der Waals surface area contributed by atoms with E-state index >= 15 is 0 Å². The van der Waals surface area contributed by atoms with E-state index in [-0.39, 0.29) is 24.5 Å². The van der Waals surface area contributed by atoms with E-state index < -0.39 is 0 Å². The summed E-state index contributed by atoms with van der Waals surface area (Å²) in [5.41, 5.74) is 5.53. The van der Waals surface area contributed by atoms with Crippen LogP contribution in [0.4, 0.5) is 0 Å². The number of fused-ring (bicyclic) bond motifs is 2. The molecule has 2 fully saturated rings. The number of halogens is 1. The van der Waals surface area contributed by atoms with Crippen molar-refractivity contribution < 1.29 is 5.11 Å². The smallest absolute Gasteiger partial charge is 0.188 e. The van der Waals surface area contributed by atoms with Gasteiger partial charge in [0.05, 0.1) is 6.10 Å². The Morgan fingerprint density at radius 3 is 2.21 bits per heavy atom. The lowest BCUT2D eigenvalue weighted by molar-refractivity contribution is 0.0131. The molecule has 82 valence electrons. The number of nitrogens with one attached hydrogen (secondary N) is 1. The second-order valence-corrected chi connectivity index (χ2v) is 4.16. The van der Waals surface area contributed by atoms with E-state index in [1.807, 2.05) is 4.90 Å². The van der Waals surface area contributed by atoms with Gasteiger partial charge in [0.1, 0.15) is 0 Å².